The zero-order valence-electron chi connectivity index (χ0n) is 11.5. The highest BCUT2D eigenvalue weighted by Gasteiger charge is 2.37. The molecule has 1 aromatic carbocycles. The molecular formula is C12H17N3O5S. The highest BCUT2D eigenvalue weighted by molar-refractivity contribution is 7.89. The molecule has 1 heterocycles. The summed E-state index contributed by atoms with van der Waals surface area (Å²) in [5, 5.41) is 20.6. The van der Waals surface area contributed by atoms with Crippen molar-refractivity contribution >= 4 is 21.4 Å². The van der Waals surface area contributed by atoms with Crippen molar-refractivity contribution in [2.75, 3.05) is 18.8 Å². The summed E-state index contributed by atoms with van der Waals surface area (Å²) in [4.78, 5) is 9.86. The molecule has 9 heteroatoms. The number of hydrogen-bond acceptors (Lipinski definition) is 6. The number of rotatable bonds is 4. The monoisotopic (exact) mass is 315 g/mol. The van der Waals surface area contributed by atoms with Crippen LogP contribution in [0.2, 0.25) is 0 Å². The summed E-state index contributed by atoms with van der Waals surface area (Å²) in [5.41, 5.74) is 5.20. The first-order chi connectivity index (χ1) is 9.73. The molecule has 116 valence electrons. The lowest BCUT2D eigenvalue weighted by Gasteiger charge is -2.17. The molecule has 1 aliphatic heterocycles. The minimum Gasteiger partial charge on any atom is -0.399 e. The average molecular weight is 315 g/mol. The van der Waals surface area contributed by atoms with Crippen LogP contribution in [0.15, 0.2) is 23.1 Å². The molecule has 0 saturated carbocycles. The molecule has 3 N–H and O–H groups in total. The molecule has 2 atom stereocenters. The number of sulfonamides is 1. The Kier molecular flexibility index (Phi) is 4.17. The van der Waals surface area contributed by atoms with Crippen LogP contribution in [0.3, 0.4) is 0 Å². The van der Waals surface area contributed by atoms with Crippen LogP contribution in [0.5, 0.6) is 0 Å². The van der Waals surface area contributed by atoms with Gasteiger partial charge in [-0.2, -0.15) is 4.31 Å². The topological polar surface area (TPSA) is 127 Å². The van der Waals surface area contributed by atoms with Crippen LogP contribution in [-0.2, 0) is 10.0 Å². The quantitative estimate of drug-likeness (QED) is 0.475. The van der Waals surface area contributed by atoms with Crippen LogP contribution in [0, 0.1) is 16.0 Å². The maximum atomic E-state index is 12.6. The normalized spacial score (nSPS) is 21.3. The lowest BCUT2D eigenvalue weighted by atomic mass is 10.0. The Morgan fingerprint density at radius 1 is 1.52 bits per heavy atom. The fourth-order valence-corrected chi connectivity index (χ4v) is 4.10. The lowest BCUT2D eigenvalue weighted by Crippen LogP contribution is -2.31. The van der Waals surface area contributed by atoms with Gasteiger partial charge in [0.25, 0.3) is 5.69 Å². The van der Waals surface area contributed by atoms with Crippen LogP contribution < -0.4 is 5.73 Å². The lowest BCUT2D eigenvalue weighted by molar-refractivity contribution is -0.387. The number of nitro benzene ring substituents is 1. The fourth-order valence-electron chi connectivity index (χ4n) is 2.39. The van der Waals surface area contributed by atoms with Crippen LogP contribution >= 0.6 is 0 Å². The molecule has 1 fully saturated rings. The Morgan fingerprint density at radius 3 is 2.71 bits per heavy atom. The van der Waals surface area contributed by atoms with Crippen LogP contribution in [0.1, 0.15) is 13.3 Å². The van der Waals surface area contributed by atoms with E-state index in [4.69, 9.17) is 5.73 Å². The van der Waals surface area contributed by atoms with E-state index in [9.17, 15) is 23.6 Å². The van der Waals surface area contributed by atoms with E-state index in [-0.39, 0.29) is 24.7 Å². The molecule has 21 heavy (non-hydrogen) atoms. The van der Waals surface area contributed by atoms with Crippen LogP contribution in [0.4, 0.5) is 11.4 Å². The third kappa shape index (κ3) is 2.99. The number of nitro groups is 1. The molecule has 1 aromatic rings. The molecule has 2 rings (SSSR count). The second kappa shape index (κ2) is 5.58. The van der Waals surface area contributed by atoms with E-state index in [1.807, 2.05) is 0 Å². The number of nitrogen functional groups attached to an aromatic ring is 1. The Balaban J connectivity index is 2.41. The minimum absolute atomic E-state index is 0.144. The summed E-state index contributed by atoms with van der Waals surface area (Å²) in [6.45, 7) is 1.97. The predicted molar refractivity (Wildman–Crippen MR) is 76.1 cm³/mol. The molecule has 0 spiro atoms. The van der Waals surface area contributed by atoms with Crippen molar-refractivity contribution in [3.8, 4) is 0 Å². The summed E-state index contributed by atoms with van der Waals surface area (Å²) in [6.07, 6.45) is -0.103. The molecule has 1 aliphatic rings. The summed E-state index contributed by atoms with van der Waals surface area (Å²) in [7, 11) is -4.00. The minimum atomic E-state index is -4.00. The second-order valence-electron chi connectivity index (χ2n) is 5.14. The summed E-state index contributed by atoms with van der Waals surface area (Å²) < 4.78 is 26.3. The van der Waals surface area contributed by atoms with E-state index in [2.05, 4.69) is 0 Å². The van der Waals surface area contributed by atoms with Gasteiger partial charge in [-0.25, -0.2) is 8.42 Å². The SMILES string of the molecule is CC(O)C1CCN(S(=O)(=O)c2cc(N)ccc2[N+](=O)[O-])C1. The first-order valence-electron chi connectivity index (χ1n) is 6.45. The number of nitrogens with zero attached hydrogens (tertiary/aromatic N) is 2. The van der Waals surface area contributed by atoms with Gasteiger partial charge >= 0.3 is 0 Å². The van der Waals surface area contributed by atoms with Gasteiger partial charge in [0.1, 0.15) is 0 Å². The number of nitrogens with two attached hydrogens (primary N) is 1. The number of anilines is 1. The predicted octanol–water partition coefficient (Wildman–Crippen LogP) is 0.568. The molecule has 1 saturated heterocycles. The number of aliphatic hydroxyl groups is 1. The van der Waals surface area contributed by atoms with Crippen molar-refractivity contribution < 1.29 is 18.4 Å². The number of hydrogen-bond donors (Lipinski definition) is 2. The van der Waals surface area contributed by atoms with Gasteiger partial charge in [-0.05, 0) is 31.4 Å². The van der Waals surface area contributed by atoms with E-state index in [1.165, 1.54) is 6.07 Å². The number of aliphatic hydroxyl groups excluding tert-OH is 1. The zero-order chi connectivity index (χ0) is 15.8. The average Bonchev–Trinajstić information content (AvgIpc) is 2.88. The van der Waals surface area contributed by atoms with Gasteiger partial charge in [-0.15, -0.1) is 0 Å². The third-order valence-electron chi connectivity index (χ3n) is 3.67. The molecular weight excluding hydrogens is 298 g/mol. The molecule has 8 nitrogen and oxygen atoms in total. The Bertz CT molecular complexity index is 659. The Labute approximate surface area is 122 Å². The van der Waals surface area contributed by atoms with Crippen LogP contribution in [-0.4, -0.2) is 41.9 Å². The van der Waals surface area contributed by atoms with Gasteiger partial charge in [0.15, 0.2) is 4.90 Å². The standard InChI is InChI=1S/C12H17N3O5S/c1-8(16)9-4-5-14(7-9)21(19,20)12-6-10(13)2-3-11(12)15(17)18/h2-3,6,8-9,16H,4-5,7,13H2,1H3. The van der Waals surface area contributed by atoms with Gasteiger partial charge in [0, 0.05) is 24.8 Å². The zero-order valence-corrected chi connectivity index (χ0v) is 12.3. The largest absolute Gasteiger partial charge is 0.399 e. The third-order valence-corrected chi connectivity index (χ3v) is 5.56. The molecule has 2 unspecified atom stereocenters. The van der Waals surface area contributed by atoms with E-state index >= 15 is 0 Å². The van der Waals surface area contributed by atoms with Crippen LogP contribution in [0.25, 0.3) is 0 Å². The summed E-state index contributed by atoms with van der Waals surface area (Å²) in [5.74, 6) is -0.167. The van der Waals surface area contributed by atoms with Crippen molar-refractivity contribution in [1.82, 2.24) is 4.31 Å². The highest BCUT2D eigenvalue weighted by atomic mass is 32.2. The second-order valence-corrected chi connectivity index (χ2v) is 7.04. The maximum absolute atomic E-state index is 12.6. The van der Waals surface area contributed by atoms with Crippen molar-refractivity contribution in [2.24, 2.45) is 5.92 Å². The smallest absolute Gasteiger partial charge is 0.289 e. The van der Waals surface area contributed by atoms with Gasteiger partial charge in [0.2, 0.25) is 10.0 Å². The Morgan fingerprint density at radius 2 is 2.19 bits per heavy atom. The van der Waals surface area contributed by atoms with E-state index in [0.29, 0.717) is 6.42 Å². The molecule has 0 bridgehead atoms. The van der Waals surface area contributed by atoms with E-state index in [1.54, 1.807) is 6.92 Å². The van der Waals surface area contributed by atoms with E-state index in [0.717, 1.165) is 16.4 Å². The molecule has 0 aromatic heterocycles. The first kappa shape index (κ1) is 15.7. The number of benzene rings is 1. The maximum Gasteiger partial charge on any atom is 0.289 e. The van der Waals surface area contributed by atoms with E-state index < -0.39 is 31.6 Å². The van der Waals surface area contributed by atoms with Crippen molar-refractivity contribution in [3.05, 3.63) is 28.3 Å². The van der Waals surface area contributed by atoms with Crippen molar-refractivity contribution in [2.45, 2.75) is 24.3 Å². The van der Waals surface area contributed by atoms with Crippen molar-refractivity contribution in [3.63, 3.8) is 0 Å². The molecule has 0 amide bonds. The van der Waals surface area contributed by atoms with Gasteiger partial charge in [-0.1, -0.05) is 0 Å². The highest BCUT2D eigenvalue weighted by Crippen LogP contribution is 2.32. The molecule has 0 radical (unpaired) electrons. The fraction of sp³-hybridized carbons (Fsp3) is 0.500. The van der Waals surface area contributed by atoms with Crippen molar-refractivity contribution in [1.29, 1.82) is 0 Å². The summed E-state index contributed by atoms with van der Waals surface area (Å²) >= 11 is 0. The Hall–Kier alpha value is -1.71. The summed E-state index contributed by atoms with van der Waals surface area (Å²) in [6, 6.07) is 3.48. The van der Waals surface area contributed by atoms with Gasteiger partial charge in [0.05, 0.1) is 11.0 Å². The molecule has 0 aliphatic carbocycles. The van der Waals surface area contributed by atoms with Gasteiger partial charge in [-0.3, -0.25) is 10.1 Å². The first-order valence-corrected chi connectivity index (χ1v) is 7.89. The van der Waals surface area contributed by atoms with Gasteiger partial charge < -0.3 is 10.8 Å².